The lowest BCUT2D eigenvalue weighted by molar-refractivity contribution is -0.153. The smallest absolute Gasteiger partial charge is 0.329 e. The third-order valence-corrected chi connectivity index (χ3v) is 6.71. The Balaban J connectivity index is 2.29. The van der Waals surface area contributed by atoms with E-state index in [9.17, 15) is 24.0 Å². The lowest BCUT2D eigenvalue weighted by atomic mass is 9.99. The van der Waals surface area contributed by atoms with E-state index in [2.05, 4.69) is 20.9 Å². The van der Waals surface area contributed by atoms with E-state index < -0.39 is 35.5 Å². The molecule has 0 aliphatic carbocycles. The second-order valence-corrected chi connectivity index (χ2v) is 11.1. The standard InChI is InChI=1S/C23H32N4O6S2/c1-13(2)19-21(31)33-15(8-6-7-9-34-14(3)28)10-17(29)24-11-18-25-16(12-35-18)20(30)27-23(4,5)22(32)26-19/h6,8,12-13,15,19H,7,9-11H2,1-5H3,(H,24,29)(H,26,32)(H,27,30)/b8-6+/t15-,19+/m1/s1. The fraction of sp³-hybridized carbons (Fsp3) is 0.565. The molecule has 12 heteroatoms. The second kappa shape index (κ2) is 12.8. The number of amides is 3. The molecule has 1 aromatic heterocycles. The first kappa shape index (κ1) is 28.5. The lowest BCUT2D eigenvalue weighted by Crippen LogP contribution is -2.59. The van der Waals surface area contributed by atoms with Gasteiger partial charge in [-0.2, -0.15) is 0 Å². The topological polar surface area (TPSA) is 144 Å². The van der Waals surface area contributed by atoms with Crippen LogP contribution in [0.5, 0.6) is 0 Å². The Bertz CT molecular complexity index is 988. The van der Waals surface area contributed by atoms with E-state index in [4.69, 9.17) is 4.74 Å². The number of thiazole rings is 1. The minimum Gasteiger partial charge on any atom is -0.456 e. The number of hydrogen-bond acceptors (Lipinski definition) is 9. The number of esters is 1. The van der Waals surface area contributed by atoms with E-state index in [-0.39, 0.29) is 35.6 Å². The van der Waals surface area contributed by atoms with Gasteiger partial charge in [0.15, 0.2) is 5.12 Å². The van der Waals surface area contributed by atoms with Gasteiger partial charge >= 0.3 is 5.97 Å². The number of rotatable bonds is 5. The molecule has 10 nitrogen and oxygen atoms in total. The fourth-order valence-electron chi connectivity index (χ4n) is 3.04. The van der Waals surface area contributed by atoms with Gasteiger partial charge in [-0.3, -0.25) is 19.2 Å². The van der Waals surface area contributed by atoms with Gasteiger partial charge in [-0.15, -0.1) is 11.3 Å². The molecule has 0 spiro atoms. The van der Waals surface area contributed by atoms with E-state index in [0.717, 1.165) is 0 Å². The molecule has 1 aromatic rings. The first-order valence-corrected chi connectivity index (χ1v) is 13.1. The Morgan fingerprint density at radius 1 is 1.31 bits per heavy atom. The summed E-state index contributed by atoms with van der Waals surface area (Å²) in [5.41, 5.74) is -1.19. The number of hydrogen-bond donors (Lipinski definition) is 3. The van der Waals surface area contributed by atoms with Gasteiger partial charge in [0.05, 0.1) is 13.0 Å². The molecule has 35 heavy (non-hydrogen) atoms. The Morgan fingerprint density at radius 3 is 2.69 bits per heavy atom. The maximum atomic E-state index is 13.0. The van der Waals surface area contributed by atoms with E-state index in [1.807, 2.05) is 0 Å². The number of fused-ring (bicyclic) bond motifs is 2. The van der Waals surface area contributed by atoms with Crippen molar-refractivity contribution < 1.29 is 28.7 Å². The summed E-state index contributed by atoms with van der Waals surface area (Å²) in [6.45, 7) is 8.16. The lowest BCUT2D eigenvalue weighted by Gasteiger charge is -2.29. The Kier molecular flexibility index (Phi) is 10.4. The van der Waals surface area contributed by atoms with Crippen LogP contribution in [0.3, 0.4) is 0 Å². The number of ether oxygens (including phenoxy) is 1. The predicted molar refractivity (Wildman–Crippen MR) is 134 cm³/mol. The summed E-state index contributed by atoms with van der Waals surface area (Å²) in [4.78, 5) is 66.5. The summed E-state index contributed by atoms with van der Waals surface area (Å²) in [5, 5.41) is 10.1. The van der Waals surface area contributed by atoms with Gasteiger partial charge in [-0.1, -0.05) is 31.7 Å². The van der Waals surface area contributed by atoms with Crippen LogP contribution in [0.2, 0.25) is 0 Å². The highest BCUT2D eigenvalue weighted by Gasteiger charge is 2.36. The molecule has 3 amide bonds. The van der Waals surface area contributed by atoms with Crippen LogP contribution in [0.1, 0.15) is 63.0 Å². The molecular weight excluding hydrogens is 492 g/mol. The molecule has 0 saturated carbocycles. The number of cyclic esters (lactones) is 1. The molecule has 0 radical (unpaired) electrons. The number of nitrogens with one attached hydrogen (secondary N) is 3. The normalized spacial score (nSPS) is 21.9. The highest BCUT2D eigenvalue weighted by atomic mass is 32.2. The number of carbonyl (C=O) groups excluding carboxylic acids is 5. The molecule has 0 saturated heterocycles. The minimum atomic E-state index is -1.33. The van der Waals surface area contributed by atoms with Crippen molar-refractivity contribution in [3.63, 3.8) is 0 Å². The Labute approximate surface area is 213 Å². The number of aromatic nitrogens is 1. The van der Waals surface area contributed by atoms with Crippen LogP contribution in [0.4, 0.5) is 0 Å². The average Bonchev–Trinajstić information content (AvgIpc) is 3.23. The molecule has 3 N–H and O–H groups in total. The molecule has 0 unspecified atom stereocenters. The SMILES string of the molecule is CC(=O)SCC/C=C/[C@@H]1CC(=O)NCc2nc(cs2)C(=O)NC(C)(C)C(=O)N[C@@H](C(C)C)C(=O)O1. The molecule has 1 aliphatic heterocycles. The molecule has 0 aromatic carbocycles. The van der Waals surface area contributed by atoms with Crippen LogP contribution in [0.15, 0.2) is 17.5 Å². The van der Waals surface area contributed by atoms with E-state index in [1.54, 1.807) is 31.4 Å². The molecule has 1 aliphatic rings. The van der Waals surface area contributed by atoms with Crippen molar-refractivity contribution in [3.8, 4) is 0 Å². The first-order valence-electron chi connectivity index (χ1n) is 11.2. The summed E-state index contributed by atoms with van der Waals surface area (Å²) in [5.74, 6) is -1.91. The molecule has 192 valence electrons. The summed E-state index contributed by atoms with van der Waals surface area (Å²) in [6, 6.07) is -0.996. The third kappa shape index (κ3) is 9.10. The number of carbonyl (C=O) groups is 5. The van der Waals surface area contributed by atoms with Crippen molar-refractivity contribution in [2.75, 3.05) is 5.75 Å². The van der Waals surface area contributed by atoms with Crippen LogP contribution in [0, 0.1) is 5.92 Å². The van der Waals surface area contributed by atoms with Gasteiger partial charge in [-0.05, 0) is 32.3 Å². The van der Waals surface area contributed by atoms with E-state index in [1.165, 1.54) is 43.9 Å². The van der Waals surface area contributed by atoms with Gasteiger partial charge in [0, 0.05) is 18.1 Å². The molecule has 2 atom stereocenters. The highest BCUT2D eigenvalue weighted by Crippen LogP contribution is 2.15. The van der Waals surface area contributed by atoms with Crippen molar-refractivity contribution >= 4 is 51.9 Å². The average molecular weight is 525 g/mol. The molecule has 2 heterocycles. The Hall–Kier alpha value is -2.73. The van der Waals surface area contributed by atoms with Crippen molar-refractivity contribution in [1.29, 1.82) is 0 Å². The minimum absolute atomic E-state index is 0.00823. The van der Waals surface area contributed by atoms with Gasteiger partial charge in [0.1, 0.15) is 28.4 Å². The van der Waals surface area contributed by atoms with Crippen LogP contribution < -0.4 is 16.0 Å². The molecule has 0 fully saturated rings. The molecule has 2 rings (SSSR count). The highest BCUT2D eigenvalue weighted by molar-refractivity contribution is 8.13. The summed E-state index contributed by atoms with van der Waals surface area (Å²) in [6.07, 6.45) is 2.93. The van der Waals surface area contributed by atoms with Crippen LogP contribution in [-0.4, -0.2) is 57.2 Å². The zero-order valence-electron chi connectivity index (χ0n) is 20.5. The predicted octanol–water partition coefficient (Wildman–Crippen LogP) is 1.95. The fourth-order valence-corrected chi connectivity index (χ4v) is 4.30. The van der Waals surface area contributed by atoms with Crippen molar-refractivity contribution in [3.05, 3.63) is 28.2 Å². The van der Waals surface area contributed by atoms with Crippen molar-refractivity contribution in [2.24, 2.45) is 5.92 Å². The van der Waals surface area contributed by atoms with Crippen LogP contribution >= 0.6 is 23.1 Å². The summed E-state index contributed by atoms with van der Waals surface area (Å²) >= 11 is 2.39. The van der Waals surface area contributed by atoms with Gasteiger partial charge in [0.25, 0.3) is 5.91 Å². The molecule has 2 bridgehead atoms. The number of nitrogens with zero attached hydrogens (tertiary/aromatic N) is 1. The zero-order chi connectivity index (χ0) is 26.2. The quantitative estimate of drug-likeness (QED) is 0.301. The summed E-state index contributed by atoms with van der Waals surface area (Å²) in [7, 11) is 0. The maximum Gasteiger partial charge on any atom is 0.329 e. The number of allylic oxidation sites excluding steroid dienone is 1. The zero-order valence-corrected chi connectivity index (χ0v) is 22.1. The van der Waals surface area contributed by atoms with Gasteiger partial charge < -0.3 is 20.7 Å². The van der Waals surface area contributed by atoms with Crippen LogP contribution in [-0.2, 0) is 30.5 Å². The van der Waals surface area contributed by atoms with Crippen molar-refractivity contribution in [2.45, 2.75) is 71.7 Å². The van der Waals surface area contributed by atoms with Gasteiger partial charge in [-0.25, -0.2) is 9.78 Å². The summed E-state index contributed by atoms with van der Waals surface area (Å²) < 4.78 is 5.61. The monoisotopic (exact) mass is 524 g/mol. The molecular formula is C23H32N4O6S2. The van der Waals surface area contributed by atoms with Crippen LogP contribution in [0.25, 0.3) is 0 Å². The van der Waals surface area contributed by atoms with Gasteiger partial charge in [0.2, 0.25) is 11.8 Å². The number of thioether (sulfide) groups is 1. The largest absolute Gasteiger partial charge is 0.456 e. The Morgan fingerprint density at radius 2 is 2.03 bits per heavy atom. The first-order chi connectivity index (χ1) is 16.4. The van der Waals surface area contributed by atoms with Crippen molar-refractivity contribution in [1.82, 2.24) is 20.9 Å². The van der Waals surface area contributed by atoms with E-state index >= 15 is 0 Å². The second-order valence-electron chi connectivity index (χ2n) is 8.91. The third-order valence-electron chi connectivity index (χ3n) is 5.02. The maximum absolute atomic E-state index is 13.0. The van der Waals surface area contributed by atoms with E-state index in [0.29, 0.717) is 17.2 Å².